The lowest BCUT2D eigenvalue weighted by Crippen LogP contribution is -2.51. The summed E-state index contributed by atoms with van der Waals surface area (Å²) in [5.41, 5.74) is 4.31. The van der Waals surface area contributed by atoms with Crippen LogP contribution >= 0.6 is 0 Å². The maximum absolute atomic E-state index is 11.8. The Hall–Kier alpha value is -2.18. The Morgan fingerprint density at radius 1 is 1.45 bits per heavy atom. The normalized spacial score (nSPS) is 21.9. The first kappa shape index (κ1) is 14.2. The molecule has 0 aromatic carbocycles. The summed E-state index contributed by atoms with van der Waals surface area (Å²) in [6.07, 6.45) is 5.32. The molecule has 2 heterocycles. The summed E-state index contributed by atoms with van der Waals surface area (Å²) in [6, 6.07) is 0. The van der Waals surface area contributed by atoms with Gasteiger partial charge in [0.05, 0.1) is 0 Å². The van der Waals surface area contributed by atoms with Crippen LogP contribution in [0.1, 0.15) is 43.1 Å². The highest BCUT2D eigenvalue weighted by Gasteiger charge is 2.48. The van der Waals surface area contributed by atoms with Crippen LogP contribution in [0.2, 0.25) is 0 Å². The number of nitrogens with two attached hydrogens (primary N) is 1. The minimum atomic E-state index is -1.02. The van der Waals surface area contributed by atoms with Crippen LogP contribution in [0, 0.1) is 0 Å². The Morgan fingerprint density at radius 2 is 2.15 bits per heavy atom. The Kier molecular flexibility index (Phi) is 3.87. The van der Waals surface area contributed by atoms with Gasteiger partial charge in [-0.3, -0.25) is 4.79 Å². The fraction of sp³-hybridized carbons (Fsp3) is 0.538. The smallest absolute Gasteiger partial charge is 0.329 e. The Balaban J connectivity index is 2.50. The topological polar surface area (TPSA) is 109 Å². The van der Waals surface area contributed by atoms with Crippen LogP contribution in [-0.2, 0) is 4.79 Å². The number of anilines is 1. The van der Waals surface area contributed by atoms with Crippen LogP contribution in [-0.4, -0.2) is 39.0 Å². The van der Waals surface area contributed by atoms with Crippen molar-refractivity contribution in [3.63, 3.8) is 0 Å². The zero-order valence-corrected chi connectivity index (χ0v) is 11.4. The number of hydrogen-bond donors (Lipinski definition) is 2. The molecule has 0 aliphatic carbocycles. The summed E-state index contributed by atoms with van der Waals surface area (Å²) >= 11 is 0. The maximum atomic E-state index is 11.8. The predicted molar refractivity (Wildman–Crippen MR) is 72.4 cm³/mol. The van der Waals surface area contributed by atoms with Crippen molar-refractivity contribution in [2.24, 2.45) is 5.73 Å². The number of rotatable bonds is 5. The van der Waals surface area contributed by atoms with E-state index in [0.29, 0.717) is 19.4 Å². The van der Waals surface area contributed by atoms with Crippen molar-refractivity contribution < 1.29 is 14.7 Å². The van der Waals surface area contributed by atoms with Gasteiger partial charge in [-0.2, -0.15) is 0 Å². The molecule has 0 bridgehead atoms. The molecule has 3 N–H and O–H groups in total. The van der Waals surface area contributed by atoms with Crippen molar-refractivity contribution in [3.05, 3.63) is 18.1 Å². The molecule has 0 radical (unpaired) electrons. The van der Waals surface area contributed by atoms with Crippen LogP contribution in [0.5, 0.6) is 0 Å². The molecule has 7 nitrogen and oxygen atoms in total. The lowest BCUT2D eigenvalue weighted by Gasteiger charge is -2.35. The Labute approximate surface area is 116 Å². The summed E-state index contributed by atoms with van der Waals surface area (Å²) in [6.45, 7) is 2.47. The summed E-state index contributed by atoms with van der Waals surface area (Å²) in [5.74, 6) is -1.32. The lowest BCUT2D eigenvalue weighted by atomic mass is 9.90. The minimum absolute atomic E-state index is 0.0242. The summed E-state index contributed by atoms with van der Waals surface area (Å²) in [5, 5.41) is 9.65. The van der Waals surface area contributed by atoms with E-state index in [9.17, 15) is 14.7 Å². The van der Waals surface area contributed by atoms with Crippen molar-refractivity contribution in [1.82, 2.24) is 9.97 Å². The fourth-order valence-corrected chi connectivity index (χ4v) is 2.89. The fourth-order valence-electron chi connectivity index (χ4n) is 2.89. The zero-order chi connectivity index (χ0) is 14.8. The second-order valence-electron chi connectivity index (χ2n) is 4.93. The molecule has 1 amide bonds. The van der Waals surface area contributed by atoms with Crippen LogP contribution in [0.15, 0.2) is 12.4 Å². The second-order valence-corrected chi connectivity index (χ2v) is 4.93. The van der Waals surface area contributed by atoms with Crippen LogP contribution in [0.25, 0.3) is 0 Å². The molecule has 1 aliphatic heterocycles. The van der Waals surface area contributed by atoms with Gasteiger partial charge < -0.3 is 15.7 Å². The number of nitrogens with zero attached hydrogens (tertiary/aromatic N) is 3. The number of carboxylic acid groups (broad SMARTS) is 1. The second kappa shape index (κ2) is 5.44. The molecule has 7 heteroatoms. The highest BCUT2D eigenvalue weighted by Crippen LogP contribution is 2.37. The van der Waals surface area contributed by atoms with E-state index in [4.69, 9.17) is 5.73 Å². The standard InChI is InChI=1S/C13H18N4O3/c1-2-4-13(12(19)20)5-3-8-17(13)11-9(10(14)18)15-6-7-16-11/h6-7H,2-5,8H2,1H3,(H2,14,18)(H,19,20). The highest BCUT2D eigenvalue weighted by molar-refractivity contribution is 5.97. The third-order valence-corrected chi connectivity index (χ3v) is 3.72. The number of carbonyl (C=O) groups is 2. The summed E-state index contributed by atoms with van der Waals surface area (Å²) in [7, 11) is 0. The Morgan fingerprint density at radius 3 is 2.75 bits per heavy atom. The molecule has 1 aliphatic rings. The average Bonchev–Trinajstić information content (AvgIpc) is 2.84. The van der Waals surface area contributed by atoms with Crippen LogP contribution in [0.4, 0.5) is 5.82 Å². The number of primary amides is 1. The van der Waals surface area contributed by atoms with E-state index in [1.54, 1.807) is 4.90 Å². The summed E-state index contributed by atoms with van der Waals surface area (Å²) < 4.78 is 0. The third kappa shape index (κ3) is 2.19. The zero-order valence-electron chi connectivity index (χ0n) is 11.4. The van der Waals surface area contributed by atoms with E-state index in [0.717, 1.165) is 12.8 Å². The molecule has 1 atom stereocenters. The number of hydrogen-bond acceptors (Lipinski definition) is 5. The van der Waals surface area contributed by atoms with Crippen molar-refractivity contribution in [2.75, 3.05) is 11.4 Å². The van der Waals surface area contributed by atoms with E-state index >= 15 is 0 Å². The molecular weight excluding hydrogens is 260 g/mol. The molecule has 1 unspecified atom stereocenters. The molecule has 1 aromatic heterocycles. The van der Waals surface area contributed by atoms with Gasteiger partial charge in [0.1, 0.15) is 5.54 Å². The predicted octanol–water partition coefficient (Wildman–Crippen LogP) is 0.799. The van der Waals surface area contributed by atoms with Crippen molar-refractivity contribution >= 4 is 17.7 Å². The van der Waals surface area contributed by atoms with E-state index < -0.39 is 17.4 Å². The molecule has 1 fully saturated rings. The molecule has 20 heavy (non-hydrogen) atoms. The maximum Gasteiger partial charge on any atom is 0.329 e. The van der Waals surface area contributed by atoms with Gasteiger partial charge in [-0.1, -0.05) is 13.3 Å². The number of amides is 1. The van der Waals surface area contributed by atoms with Gasteiger partial charge in [-0.25, -0.2) is 14.8 Å². The van der Waals surface area contributed by atoms with Crippen molar-refractivity contribution in [2.45, 2.75) is 38.1 Å². The first-order valence-corrected chi connectivity index (χ1v) is 6.65. The van der Waals surface area contributed by atoms with Crippen LogP contribution < -0.4 is 10.6 Å². The third-order valence-electron chi connectivity index (χ3n) is 3.72. The van der Waals surface area contributed by atoms with Gasteiger partial charge in [-0.15, -0.1) is 0 Å². The minimum Gasteiger partial charge on any atom is -0.479 e. The van der Waals surface area contributed by atoms with Gasteiger partial charge >= 0.3 is 5.97 Å². The van der Waals surface area contributed by atoms with Crippen LogP contribution in [0.3, 0.4) is 0 Å². The largest absolute Gasteiger partial charge is 0.479 e. The van der Waals surface area contributed by atoms with E-state index in [1.165, 1.54) is 12.4 Å². The number of aliphatic carboxylic acids is 1. The lowest BCUT2D eigenvalue weighted by molar-refractivity contribution is -0.143. The molecule has 2 rings (SSSR count). The van der Waals surface area contributed by atoms with Crippen molar-refractivity contribution in [1.29, 1.82) is 0 Å². The number of aromatic nitrogens is 2. The monoisotopic (exact) mass is 278 g/mol. The van der Waals surface area contributed by atoms with E-state index in [-0.39, 0.29) is 11.5 Å². The molecule has 108 valence electrons. The first-order chi connectivity index (χ1) is 9.53. The highest BCUT2D eigenvalue weighted by atomic mass is 16.4. The molecule has 1 aromatic rings. The quantitative estimate of drug-likeness (QED) is 0.824. The van der Waals surface area contributed by atoms with E-state index in [1.807, 2.05) is 6.92 Å². The molecule has 0 spiro atoms. The Bertz CT molecular complexity index is 534. The van der Waals surface area contributed by atoms with Crippen molar-refractivity contribution in [3.8, 4) is 0 Å². The van der Waals surface area contributed by atoms with Gasteiger partial charge in [0.2, 0.25) is 0 Å². The summed E-state index contributed by atoms with van der Waals surface area (Å²) in [4.78, 5) is 33.0. The van der Waals surface area contributed by atoms with Gasteiger partial charge in [0, 0.05) is 18.9 Å². The molecule has 1 saturated heterocycles. The molecule has 0 saturated carbocycles. The average molecular weight is 278 g/mol. The van der Waals surface area contributed by atoms with E-state index in [2.05, 4.69) is 9.97 Å². The number of carbonyl (C=O) groups excluding carboxylic acids is 1. The van der Waals surface area contributed by atoms with Gasteiger partial charge in [0.25, 0.3) is 5.91 Å². The number of carboxylic acids is 1. The SMILES string of the molecule is CCCC1(C(=O)O)CCCN1c1nccnc1C(N)=O. The first-order valence-electron chi connectivity index (χ1n) is 6.65. The van der Waals surface area contributed by atoms with Gasteiger partial charge in [-0.05, 0) is 19.3 Å². The molecular formula is C13H18N4O3. The van der Waals surface area contributed by atoms with Gasteiger partial charge in [0.15, 0.2) is 11.5 Å².